The summed E-state index contributed by atoms with van der Waals surface area (Å²) in [6.07, 6.45) is 9.03. The van der Waals surface area contributed by atoms with E-state index in [2.05, 4.69) is 0 Å². The van der Waals surface area contributed by atoms with Crippen LogP contribution in [0.5, 0.6) is 0 Å². The van der Waals surface area contributed by atoms with Crippen LogP contribution in [-0.4, -0.2) is 17.9 Å². The summed E-state index contributed by atoms with van der Waals surface area (Å²) in [6.45, 7) is 3.59. The highest BCUT2D eigenvalue weighted by atomic mass is 32.2. The molecule has 2 heterocycles. The first-order valence-corrected chi connectivity index (χ1v) is 6.02. The number of hydrogen-bond acceptors (Lipinski definition) is 2. The molecule has 2 atom stereocenters. The number of sulfone groups is 1. The fourth-order valence-corrected chi connectivity index (χ4v) is 4.23. The molecule has 0 saturated carbocycles. The standard InChI is InChI=1S/C10H14O2S/c1-9-5-3-4-6-10(2,8-7-9)13(9,11)12/h3,5,7-8H,4,6H2,1-2H3/t9-,10+/m0/s1. The molecule has 0 amide bonds. The Hall–Kier alpha value is -0.570. The molecule has 2 bridgehead atoms. The van der Waals surface area contributed by atoms with E-state index in [-0.39, 0.29) is 0 Å². The minimum absolute atomic E-state index is 0.634. The largest absolute Gasteiger partial charge is 0.227 e. The highest BCUT2D eigenvalue weighted by Gasteiger charge is 2.52. The van der Waals surface area contributed by atoms with Gasteiger partial charge in [0.25, 0.3) is 0 Å². The van der Waals surface area contributed by atoms with Gasteiger partial charge < -0.3 is 0 Å². The van der Waals surface area contributed by atoms with Gasteiger partial charge in [-0.2, -0.15) is 0 Å². The van der Waals surface area contributed by atoms with Crippen molar-refractivity contribution in [2.45, 2.75) is 36.2 Å². The molecule has 0 spiro atoms. The maximum atomic E-state index is 12.1. The van der Waals surface area contributed by atoms with Gasteiger partial charge in [0, 0.05) is 0 Å². The Morgan fingerprint density at radius 3 is 2.54 bits per heavy atom. The van der Waals surface area contributed by atoms with Crippen molar-refractivity contribution in [3.05, 3.63) is 24.3 Å². The zero-order valence-corrected chi connectivity index (χ0v) is 8.76. The number of allylic oxidation sites excluding steroid dienone is 1. The molecule has 0 aromatic heterocycles. The molecule has 0 unspecified atom stereocenters. The summed E-state index contributed by atoms with van der Waals surface area (Å²) in [5, 5.41) is 0. The monoisotopic (exact) mass is 198 g/mol. The zero-order chi connectivity index (χ0) is 9.74. The lowest BCUT2D eigenvalue weighted by Gasteiger charge is -2.25. The lowest BCUT2D eigenvalue weighted by atomic mass is 9.98. The van der Waals surface area contributed by atoms with Crippen molar-refractivity contribution in [2.75, 3.05) is 0 Å². The van der Waals surface area contributed by atoms with Crippen molar-refractivity contribution in [1.29, 1.82) is 0 Å². The van der Waals surface area contributed by atoms with Crippen LogP contribution in [0.25, 0.3) is 0 Å². The molecule has 72 valence electrons. The van der Waals surface area contributed by atoms with Crippen molar-refractivity contribution in [3.8, 4) is 0 Å². The van der Waals surface area contributed by atoms with E-state index in [0.29, 0.717) is 6.42 Å². The Morgan fingerprint density at radius 1 is 1.15 bits per heavy atom. The molecule has 2 aliphatic rings. The van der Waals surface area contributed by atoms with Gasteiger partial charge in [0.2, 0.25) is 0 Å². The molecule has 0 aromatic rings. The van der Waals surface area contributed by atoms with E-state index in [4.69, 9.17) is 0 Å². The molecule has 0 fully saturated rings. The van der Waals surface area contributed by atoms with Crippen LogP contribution < -0.4 is 0 Å². The van der Waals surface area contributed by atoms with Gasteiger partial charge >= 0.3 is 0 Å². The van der Waals surface area contributed by atoms with Crippen molar-refractivity contribution < 1.29 is 8.42 Å². The van der Waals surface area contributed by atoms with Gasteiger partial charge in [-0.25, -0.2) is 8.42 Å². The molecule has 13 heavy (non-hydrogen) atoms. The second-order valence-electron chi connectivity index (χ2n) is 4.27. The minimum Gasteiger partial charge on any atom is -0.227 e. The van der Waals surface area contributed by atoms with Gasteiger partial charge in [0.15, 0.2) is 9.84 Å². The van der Waals surface area contributed by atoms with Crippen molar-refractivity contribution in [2.24, 2.45) is 0 Å². The van der Waals surface area contributed by atoms with E-state index in [1.807, 2.05) is 31.2 Å². The average molecular weight is 198 g/mol. The lowest BCUT2D eigenvalue weighted by Crippen LogP contribution is -2.39. The Kier molecular flexibility index (Phi) is 1.57. The van der Waals surface area contributed by atoms with Crippen molar-refractivity contribution in [3.63, 3.8) is 0 Å². The Bertz CT molecular complexity index is 391. The normalized spacial score (nSPS) is 46.3. The van der Waals surface area contributed by atoms with E-state index >= 15 is 0 Å². The Balaban J connectivity index is 2.69. The van der Waals surface area contributed by atoms with Gasteiger partial charge in [-0.1, -0.05) is 24.3 Å². The summed E-state index contributed by atoms with van der Waals surface area (Å²) in [4.78, 5) is 0. The number of rotatable bonds is 0. The average Bonchev–Trinajstić information content (AvgIpc) is 2.15. The smallest absolute Gasteiger partial charge is 0.171 e. The predicted molar refractivity (Wildman–Crippen MR) is 53.2 cm³/mol. The molecule has 0 N–H and O–H groups in total. The van der Waals surface area contributed by atoms with Crippen LogP contribution in [0.15, 0.2) is 24.3 Å². The topological polar surface area (TPSA) is 34.1 Å². The van der Waals surface area contributed by atoms with Crippen LogP contribution in [0.4, 0.5) is 0 Å². The number of fused-ring (bicyclic) bond motifs is 2. The zero-order valence-electron chi connectivity index (χ0n) is 7.95. The van der Waals surface area contributed by atoms with Crippen LogP contribution >= 0.6 is 0 Å². The molecule has 3 heteroatoms. The van der Waals surface area contributed by atoms with Crippen molar-refractivity contribution >= 4 is 9.84 Å². The van der Waals surface area contributed by atoms with E-state index in [1.54, 1.807) is 6.92 Å². The molecule has 0 aliphatic carbocycles. The predicted octanol–water partition coefficient (Wildman–Crippen LogP) is 1.84. The van der Waals surface area contributed by atoms with Gasteiger partial charge in [-0.3, -0.25) is 0 Å². The third-order valence-electron chi connectivity index (χ3n) is 3.22. The second-order valence-corrected chi connectivity index (χ2v) is 7.09. The molecular weight excluding hydrogens is 184 g/mol. The lowest BCUT2D eigenvalue weighted by molar-refractivity contribution is 0.550. The maximum absolute atomic E-state index is 12.1. The highest BCUT2D eigenvalue weighted by molar-refractivity contribution is 7.95. The van der Waals surface area contributed by atoms with E-state index in [0.717, 1.165) is 6.42 Å². The van der Waals surface area contributed by atoms with Crippen LogP contribution in [-0.2, 0) is 9.84 Å². The van der Waals surface area contributed by atoms with Crippen LogP contribution in [0.3, 0.4) is 0 Å². The summed E-state index contributed by atoms with van der Waals surface area (Å²) in [6, 6.07) is 0. The van der Waals surface area contributed by atoms with Crippen molar-refractivity contribution in [1.82, 2.24) is 0 Å². The van der Waals surface area contributed by atoms with Gasteiger partial charge in [0.05, 0.1) is 4.75 Å². The minimum atomic E-state index is -3.06. The Morgan fingerprint density at radius 2 is 1.85 bits per heavy atom. The highest BCUT2D eigenvalue weighted by Crippen LogP contribution is 2.44. The third kappa shape index (κ3) is 0.909. The summed E-state index contributed by atoms with van der Waals surface area (Å²) < 4.78 is 22.9. The first kappa shape index (κ1) is 9.00. The first-order chi connectivity index (χ1) is 5.91. The van der Waals surface area contributed by atoms with Gasteiger partial charge in [0.1, 0.15) is 4.75 Å². The number of hydrogen-bond donors (Lipinski definition) is 0. The quantitative estimate of drug-likeness (QED) is 0.556. The molecule has 2 nitrogen and oxygen atoms in total. The molecule has 0 radical (unpaired) electrons. The van der Waals surface area contributed by atoms with E-state index < -0.39 is 19.3 Å². The van der Waals surface area contributed by atoms with Gasteiger partial charge in [-0.05, 0) is 26.7 Å². The summed E-state index contributed by atoms with van der Waals surface area (Å²) in [7, 11) is -3.06. The van der Waals surface area contributed by atoms with E-state index in [9.17, 15) is 8.42 Å². The third-order valence-corrected chi connectivity index (χ3v) is 6.21. The molecule has 2 rings (SSSR count). The van der Waals surface area contributed by atoms with Crippen LogP contribution in [0.2, 0.25) is 0 Å². The second kappa shape index (κ2) is 2.27. The van der Waals surface area contributed by atoms with Crippen LogP contribution in [0.1, 0.15) is 26.7 Å². The van der Waals surface area contributed by atoms with E-state index in [1.165, 1.54) is 0 Å². The van der Waals surface area contributed by atoms with Crippen LogP contribution in [0, 0.1) is 0 Å². The SMILES string of the molecule is C[C@]12C=CCC[C@](C)(C=C1)S2(=O)=O. The molecular formula is C10H14O2S. The summed E-state index contributed by atoms with van der Waals surface area (Å²) >= 11 is 0. The summed E-state index contributed by atoms with van der Waals surface area (Å²) in [5.41, 5.74) is 0. The maximum Gasteiger partial charge on any atom is 0.171 e. The molecule has 2 aliphatic heterocycles. The molecule has 0 saturated heterocycles. The molecule has 0 aromatic carbocycles. The van der Waals surface area contributed by atoms with Gasteiger partial charge in [-0.15, -0.1) is 0 Å². The summed E-state index contributed by atoms with van der Waals surface area (Å²) in [5.74, 6) is 0. The fraction of sp³-hybridized carbons (Fsp3) is 0.600. The fourth-order valence-electron chi connectivity index (χ4n) is 2.07. The Labute approximate surface area is 79.3 Å². The first-order valence-electron chi connectivity index (χ1n) is 4.54.